The van der Waals surface area contributed by atoms with Crippen LogP contribution in [0.4, 0.5) is 0 Å². The van der Waals surface area contributed by atoms with Crippen molar-refractivity contribution >= 4 is 5.91 Å². The van der Waals surface area contributed by atoms with Gasteiger partial charge in [0, 0.05) is 33.2 Å². The zero-order chi connectivity index (χ0) is 17.4. The van der Waals surface area contributed by atoms with Gasteiger partial charge in [0.05, 0.1) is 6.04 Å². The molecule has 5 heteroatoms. The number of hydrogen-bond donors (Lipinski definition) is 1. The minimum atomic E-state index is -0.211. The van der Waals surface area contributed by atoms with Crippen LogP contribution < -0.4 is 5.32 Å². The lowest BCUT2D eigenvalue weighted by Crippen LogP contribution is -2.53. The number of nitrogens with one attached hydrogen (secondary N) is 1. The number of ether oxygens (including phenoxy) is 2. The second-order valence-corrected chi connectivity index (χ2v) is 6.43. The lowest BCUT2D eigenvalue weighted by molar-refractivity contribution is -0.135. The minimum absolute atomic E-state index is 0.0612. The van der Waals surface area contributed by atoms with Gasteiger partial charge in [0.15, 0.2) is 6.29 Å². The van der Waals surface area contributed by atoms with E-state index in [1.165, 1.54) is 5.56 Å². The average molecular weight is 334 g/mol. The highest BCUT2D eigenvalue weighted by molar-refractivity contribution is 5.81. The van der Waals surface area contributed by atoms with Gasteiger partial charge >= 0.3 is 0 Å². The van der Waals surface area contributed by atoms with Gasteiger partial charge < -0.3 is 14.8 Å². The van der Waals surface area contributed by atoms with Crippen LogP contribution in [0.15, 0.2) is 30.3 Å². The standard InChI is InChI=1S/C19H30N2O3/c1-21-16(14-18(23-2)24-3)10-7-11-17(21)19(22)20-13-12-15-8-5-4-6-9-15/h4-6,8-9,16-18H,7,10-14H2,1-3H3,(H,20,22). The molecule has 2 rings (SSSR count). The van der Waals surface area contributed by atoms with Gasteiger partial charge in [-0.1, -0.05) is 30.3 Å². The largest absolute Gasteiger partial charge is 0.356 e. The summed E-state index contributed by atoms with van der Waals surface area (Å²) < 4.78 is 10.6. The number of carbonyl (C=O) groups excluding carboxylic acids is 1. The van der Waals surface area contributed by atoms with Gasteiger partial charge in [-0.05, 0) is 38.3 Å². The van der Waals surface area contributed by atoms with Crippen LogP contribution >= 0.6 is 0 Å². The molecule has 134 valence electrons. The van der Waals surface area contributed by atoms with E-state index in [1.807, 2.05) is 25.2 Å². The smallest absolute Gasteiger partial charge is 0.237 e. The van der Waals surface area contributed by atoms with Gasteiger partial charge in [0.1, 0.15) is 0 Å². The number of hydrogen-bond acceptors (Lipinski definition) is 4. The zero-order valence-corrected chi connectivity index (χ0v) is 15.0. The Morgan fingerprint density at radius 2 is 1.96 bits per heavy atom. The Balaban J connectivity index is 1.82. The van der Waals surface area contributed by atoms with Gasteiger partial charge in [0.2, 0.25) is 5.91 Å². The van der Waals surface area contributed by atoms with Crippen LogP contribution in [0.3, 0.4) is 0 Å². The maximum atomic E-state index is 12.6. The number of carbonyl (C=O) groups is 1. The third-order valence-electron chi connectivity index (χ3n) is 4.93. The molecular formula is C19H30N2O3. The molecule has 1 aromatic rings. The molecule has 1 N–H and O–H groups in total. The highest BCUT2D eigenvalue weighted by Gasteiger charge is 2.33. The van der Waals surface area contributed by atoms with Gasteiger partial charge in [0.25, 0.3) is 0 Å². The van der Waals surface area contributed by atoms with Crippen LogP contribution in [0.5, 0.6) is 0 Å². The summed E-state index contributed by atoms with van der Waals surface area (Å²) in [6.07, 6.45) is 4.49. The van der Waals surface area contributed by atoms with Crippen LogP contribution in [-0.4, -0.2) is 57.0 Å². The topological polar surface area (TPSA) is 50.8 Å². The van der Waals surface area contributed by atoms with Crippen LogP contribution in [0.1, 0.15) is 31.2 Å². The van der Waals surface area contributed by atoms with Gasteiger partial charge in [-0.2, -0.15) is 0 Å². The fourth-order valence-corrected chi connectivity index (χ4v) is 3.41. The summed E-state index contributed by atoms with van der Waals surface area (Å²) in [5.41, 5.74) is 1.25. The van der Waals surface area contributed by atoms with Crippen molar-refractivity contribution in [3.8, 4) is 0 Å². The summed E-state index contributed by atoms with van der Waals surface area (Å²) in [5.74, 6) is 0.129. The van der Waals surface area contributed by atoms with Crippen molar-refractivity contribution in [2.45, 2.75) is 50.5 Å². The van der Waals surface area contributed by atoms with Crippen LogP contribution in [0, 0.1) is 0 Å². The van der Waals surface area contributed by atoms with E-state index in [0.29, 0.717) is 12.6 Å². The second kappa shape index (κ2) is 9.77. The van der Waals surface area contributed by atoms with E-state index in [2.05, 4.69) is 22.3 Å². The second-order valence-electron chi connectivity index (χ2n) is 6.43. The van der Waals surface area contributed by atoms with E-state index in [0.717, 1.165) is 32.1 Å². The number of likely N-dealkylation sites (N-methyl/N-ethyl adjacent to an activating group) is 1. The number of benzene rings is 1. The van der Waals surface area contributed by atoms with E-state index in [1.54, 1.807) is 14.2 Å². The Morgan fingerprint density at radius 3 is 2.62 bits per heavy atom. The molecule has 0 spiro atoms. The van der Waals surface area contributed by atoms with E-state index >= 15 is 0 Å². The highest BCUT2D eigenvalue weighted by Crippen LogP contribution is 2.25. The van der Waals surface area contributed by atoms with E-state index < -0.39 is 0 Å². The van der Waals surface area contributed by atoms with Crippen molar-refractivity contribution in [2.24, 2.45) is 0 Å². The van der Waals surface area contributed by atoms with Gasteiger partial charge in [-0.15, -0.1) is 0 Å². The lowest BCUT2D eigenvalue weighted by Gasteiger charge is -2.39. The molecule has 2 unspecified atom stereocenters. The molecule has 1 fully saturated rings. The molecule has 0 saturated carbocycles. The van der Waals surface area contributed by atoms with Crippen molar-refractivity contribution in [3.63, 3.8) is 0 Å². The van der Waals surface area contributed by atoms with Crippen molar-refractivity contribution in [1.29, 1.82) is 0 Å². The Morgan fingerprint density at radius 1 is 1.25 bits per heavy atom. The molecule has 0 bridgehead atoms. The minimum Gasteiger partial charge on any atom is -0.356 e. The molecule has 1 aliphatic rings. The monoisotopic (exact) mass is 334 g/mol. The van der Waals surface area contributed by atoms with Gasteiger partial charge in [-0.3, -0.25) is 9.69 Å². The highest BCUT2D eigenvalue weighted by atomic mass is 16.7. The molecule has 2 atom stereocenters. The number of piperidine rings is 1. The van der Waals surface area contributed by atoms with Crippen LogP contribution in [0.2, 0.25) is 0 Å². The lowest BCUT2D eigenvalue weighted by atomic mass is 9.93. The summed E-state index contributed by atoms with van der Waals surface area (Å²) >= 11 is 0. The van der Waals surface area contributed by atoms with Crippen molar-refractivity contribution in [3.05, 3.63) is 35.9 Å². The van der Waals surface area contributed by atoms with Crippen molar-refractivity contribution in [2.75, 3.05) is 27.8 Å². The van der Waals surface area contributed by atoms with Crippen molar-refractivity contribution in [1.82, 2.24) is 10.2 Å². The zero-order valence-electron chi connectivity index (χ0n) is 15.0. The first kappa shape index (κ1) is 18.9. The van der Waals surface area contributed by atoms with Crippen LogP contribution in [-0.2, 0) is 20.7 Å². The first-order chi connectivity index (χ1) is 11.7. The van der Waals surface area contributed by atoms with E-state index in [4.69, 9.17) is 9.47 Å². The Hall–Kier alpha value is -1.43. The predicted molar refractivity (Wildman–Crippen MR) is 94.8 cm³/mol. The van der Waals surface area contributed by atoms with E-state index in [9.17, 15) is 4.79 Å². The normalized spacial score (nSPS) is 21.8. The molecular weight excluding hydrogens is 304 g/mol. The molecule has 1 saturated heterocycles. The molecule has 0 aliphatic carbocycles. The molecule has 1 amide bonds. The number of likely N-dealkylation sites (tertiary alicyclic amines) is 1. The number of nitrogens with zero attached hydrogens (tertiary/aromatic N) is 1. The maximum Gasteiger partial charge on any atom is 0.237 e. The third kappa shape index (κ3) is 5.30. The predicted octanol–water partition coefficient (Wildman–Crippen LogP) is 2.21. The SMILES string of the molecule is COC(CC1CCCC(C(=O)NCCc2ccccc2)N1C)OC. The van der Waals surface area contributed by atoms with Crippen LogP contribution in [0.25, 0.3) is 0 Å². The first-order valence-electron chi connectivity index (χ1n) is 8.75. The first-order valence-corrected chi connectivity index (χ1v) is 8.75. The number of methoxy groups -OCH3 is 2. The summed E-state index contributed by atoms with van der Waals surface area (Å²) in [5, 5.41) is 3.09. The third-order valence-corrected chi connectivity index (χ3v) is 4.93. The number of rotatable bonds is 8. The Bertz CT molecular complexity index is 491. The molecule has 0 aromatic heterocycles. The number of amides is 1. The summed E-state index contributed by atoms with van der Waals surface area (Å²) in [7, 11) is 5.35. The maximum absolute atomic E-state index is 12.6. The fourth-order valence-electron chi connectivity index (χ4n) is 3.41. The van der Waals surface area contributed by atoms with E-state index in [-0.39, 0.29) is 18.2 Å². The molecule has 0 radical (unpaired) electrons. The molecule has 1 heterocycles. The fraction of sp³-hybridized carbons (Fsp3) is 0.632. The quantitative estimate of drug-likeness (QED) is 0.741. The molecule has 1 aromatic carbocycles. The molecule has 5 nitrogen and oxygen atoms in total. The Kier molecular flexibility index (Phi) is 7.69. The summed E-state index contributed by atoms with van der Waals surface area (Å²) in [6.45, 7) is 0.677. The average Bonchev–Trinajstić information content (AvgIpc) is 2.61. The van der Waals surface area contributed by atoms with Crippen molar-refractivity contribution < 1.29 is 14.3 Å². The molecule has 24 heavy (non-hydrogen) atoms. The molecule has 1 aliphatic heterocycles. The summed E-state index contributed by atoms with van der Waals surface area (Å²) in [6, 6.07) is 10.5. The Labute approximate surface area is 145 Å². The summed E-state index contributed by atoms with van der Waals surface area (Å²) in [4.78, 5) is 14.7. The van der Waals surface area contributed by atoms with Gasteiger partial charge in [-0.25, -0.2) is 0 Å².